The molecule has 0 N–H and O–H groups in total. The second kappa shape index (κ2) is 10.6. The number of ketones is 1. The fourth-order valence-electron chi connectivity index (χ4n) is 3.27. The Morgan fingerprint density at radius 2 is 1.08 bits per heavy atom. The van der Waals surface area contributed by atoms with Crippen molar-refractivity contribution in [1.82, 2.24) is 0 Å². The highest BCUT2D eigenvalue weighted by Gasteiger charge is 2.90. The molecule has 0 aliphatic rings. The van der Waals surface area contributed by atoms with Gasteiger partial charge >= 0.3 is 35.8 Å². The van der Waals surface area contributed by atoms with E-state index in [2.05, 4.69) is 0 Å². The summed E-state index contributed by atoms with van der Waals surface area (Å²) >= 11 is 0. The number of halogens is 13. The van der Waals surface area contributed by atoms with Gasteiger partial charge in [0, 0.05) is 24.7 Å². The molecule has 0 fully saturated rings. The van der Waals surface area contributed by atoms with Gasteiger partial charge in [0.25, 0.3) is 5.79 Å². The topological polar surface area (TPSA) is 35.5 Å². The van der Waals surface area contributed by atoms with Gasteiger partial charge in [-0.05, 0) is 0 Å². The molecule has 1 atom stereocenters. The Kier molecular flexibility index (Phi) is 8.78. The average molecular weight is 588 g/mol. The minimum absolute atomic E-state index is 0.180. The summed E-state index contributed by atoms with van der Waals surface area (Å²) in [6.45, 7) is -1.83. The largest absolute Gasteiger partial charge is 0.460 e. The Balaban J connectivity index is 2.42. The average Bonchev–Trinajstić information content (AvgIpc) is 2.86. The van der Waals surface area contributed by atoms with Crippen LogP contribution in [0.1, 0.15) is 22.3 Å². The summed E-state index contributed by atoms with van der Waals surface area (Å²) in [6.07, 6.45) is -10.1. The van der Waals surface area contributed by atoms with Gasteiger partial charge in [-0.25, -0.2) is 0 Å². The summed E-state index contributed by atoms with van der Waals surface area (Å²) in [4.78, 5) is 13.2. The molecule has 16 heteroatoms. The predicted molar refractivity (Wildman–Crippen MR) is 107 cm³/mol. The maximum absolute atomic E-state index is 14.2. The van der Waals surface area contributed by atoms with Crippen molar-refractivity contribution in [2.24, 2.45) is 0 Å². The van der Waals surface area contributed by atoms with Crippen molar-refractivity contribution in [2.75, 3.05) is 13.7 Å². The summed E-state index contributed by atoms with van der Waals surface area (Å²) in [7, 11) is 0.814. The first-order valence-electron chi connectivity index (χ1n) is 10.4. The quantitative estimate of drug-likeness (QED) is 0.146. The number of carbonyl (C=O) groups is 1. The van der Waals surface area contributed by atoms with E-state index in [1.54, 1.807) is 0 Å². The van der Waals surface area contributed by atoms with Gasteiger partial charge in [0.2, 0.25) is 5.78 Å². The summed E-state index contributed by atoms with van der Waals surface area (Å²) in [5.74, 6) is -41.4. The van der Waals surface area contributed by atoms with Crippen LogP contribution in [0.15, 0.2) is 60.7 Å². The molecule has 0 spiro atoms. The van der Waals surface area contributed by atoms with Crippen LogP contribution in [0.5, 0.6) is 0 Å². The zero-order chi connectivity index (χ0) is 30.1. The maximum Gasteiger partial charge on any atom is 0.460 e. The van der Waals surface area contributed by atoms with Gasteiger partial charge in [0.05, 0.1) is 6.61 Å². The van der Waals surface area contributed by atoms with Crippen molar-refractivity contribution in [3.63, 3.8) is 0 Å². The normalized spacial score (nSPS) is 15.6. The Morgan fingerprint density at radius 3 is 1.51 bits per heavy atom. The number of alkyl halides is 13. The number of benzene rings is 2. The molecule has 218 valence electrons. The van der Waals surface area contributed by atoms with Crippen LogP contribution < -0.4 is 0 Å². The molecule has 0 saturated carbocycles. The minimum atomic E-state index is -8.00. The summed E-state index contributed by atoms with van der Waals surface area (Å²) in [5, 5.41) is 0. The molecular formula is C23H17F13O3. The standard InChI is InChI=1S/C23H17F13O3/c1-38-18(15-10-6-3-7-11-15,16(37)14-8-4-2-5-9-14)39-13-12-17(24,25)19(26,27)20(28,29)21(30,31)22(32,33)23(34,35)36/h2-11H,12-13H2,1H3. The molecular weight excluding hydrogens is 571 g/mol. The van der Waals surface area contributed by atoms with E-state index in [1.165, 1.54) is 48.5 Å². The molecule has 39 heavy (non-hydrogen) atoms. The zero-order valence-corrected chi connectivity index (χ0v) is 19.3. The third-order valence-corrected chi connectivity index (χ3v) is 5.50. The van der Waals surface area contributed by atoms with Crippen molar-refractivity contribution in [1.29, 1.82) is 0 Å². The van der Waals surface area contributed by atoms with Gasteiger partial charge in [-0.15, -0.1) is 0 Å². The molecule has 2 aromatic rings. The second-order valence-electron chi connectivity index (χ2n) is 7.98. The van der Waals surface area contributed by atoms with Crippen LogP contribution in [0.25, 0.3) is 0 Å². The van der Waals surface area contributed by atoms with Gasteiger partial charge < -0.3 is 9.47 Å². The van der Waals surface area contributed by atoms with Gasteiger partial charge in [0.1, 0.15) is 0 Å². The number of hydrogen-bond donors (Lipinski definition) is 0. The number of methoxy groups -OCH3 is 1. The maximum atomic E-state index is 14.2. The van der Waals surface area contributed by atoms with Crippen molar-refractivity contribution in [3.05, 3.63) is 71.8 Å². The number of Topliss-reactive ketones (excluding diaryl/α,β-unsaturated/α-hetero) is 1. The molecule has 0 saturated heterocycles. The Morgan fingerprint density at radius 1 is 0.641 bits per heavy atom. The van der Waals surface area contributed by atoms with Crippen LogP contribution in [0, 0.1) is 0 Å². The summed E-state index contributed by atoms with van der Waals surface area (Å²) < 4.78 is 184. The summed E-state index contributed by atoms with van der Waals surface area (Å²) in [6, 6.07) is 12.9. The Labute approximate surface area is 211 Å². The van der Waals surface area contributed by atoms with E-state index in [1.807, 2.05) is 0 Å². The molecule has 0 aromatic heterocycles. The van der Waals surface area contributed by atoms with Crippen LogP contribution in [0.3, 0.4) is 0 Å². The summed E-state index contributed by atoms with van der Waals surface area (Å²) in [5.41, 5.74) is -0.404. The van der Waals surface area contributed by atoms with E-state index in [9.17, 15) is 61.9 Å². The molecule has 0 aliphatic heterocycles. The van der Waals surface area contributed by atoms with E-state index < -0.39 is 60.4 Å². The number of hydrogen-bond acceptors (Lipinski definition) is 3. The first-order valence-corrected chi connectivity index (χ1v) is 10.4. The molecule has 0 radical (unpaired) electrons. The molecule has 0 amide bonds. The minimum Gasteiger partial charge on any atom is -0.343 e. The predicted octanol–water partition coefficient (Wildman–Crippen LogP) is 7.51. The molecule has 1 unspecified atom stereocenters. The highest BCUT2D eigenvalue weighted by Crippen LogP contribution is 2.60. The van der Waals surface area contributed by atoms with Gasteiger partial charge in [-0.1, -0.05) is 60.7 Å². The van der Waals surface area contributed by atoms with Crippen molar-refractivity contribution in [3.8, 4) is 0 Å². The lowest BCUT2D eigenvalue weighted by Gasteiger charge is -2.40. The lowest BCUT2D eigenvalue weighted by atomic mass is 9.92. The number of rotatable bonds is 12. The fraction of sp³-hybridized carbons (Fsp3) is 0.435. The van der Waals surface area contributed by atoms with Crippen LogP contribution >= 0.6 is 0 Å². The number of carbonyl (C=O) groups excluding carboxylic acids is 1. The third-order valence-electron chi connectivity index (χ3n) is 5.50. The molecule has 0 bridgehead atoms. The van der Waals surface area contributed by atoms with Crippen LogP contribution in [0.2, 0.25) is 0 Å². The highest BCUT2D eigenvalue weighted by atomic mass is 19.4. The Bertz CT molecular complexity index is 1120. The first-order chi connectivity index (χ1) is 17.6. The molecule has 2 aromatic carbocycles. The molecule has 3 nitrogen and oxygen atoms in total. The van der Waals surface area contributed by atoms with Crippen LogP contribution in [-0.2, 0) is 15.3 Å². The van der Waals surface area contributed by atoms with Crippen molar-refractivity contribution in [2.45, 2.75) is 48.0 Å². The SMILES string of the molecule is COC(OCCC(F)(F)C(F)(F)C(F)(F)C(F)(F)C(F)(F)C(F)(F)F)(C(=O)c1ccccc1)c1ccccc1. The lowest BCUT2D eigenvalue weighted by molar-refractivity contribution is -0.440. The molecule has 2 rings (SSSR count). The smallest absolute Gasteiger partial charge is 0.343 e. The highest BCUT2D eigenvalue weighted by molar-refractivity contribution is 6.02. The van der Waals surface area contributed by atoms with E-state index >= 15 is 0 Å². The van der Waals surface area contributed by atoms with E-state index in [0.29, 0.717) is 0 Å². The van der Waals surface area contributed by atoms with Crippen LogP contribution in [0.4, 0.5) is 57.1 Å². The fourth-order valence-corrected chi connectivity index (χ4v) is 3.27. The van der Waals surface area contributed by atoms with Gasteiger partial charge in [-0.3, -0.25) is 4.79 Å². The van der Waals surface area contributed by atoms with E-state index in [4.69, 9.17) is 9.47 Å². The monoisotopic (exact) mass is 588 g/mol. The van der Waals surface area contributed by atoms with Crippen LogP contribution in [-0.4, -0.2) is 55.3 Å². The zero-order valence-electron chi connectivity index (χ0n) is 19.3. The second-order valence-corrected chi connectivity index (χ2v) is 7.98. The number of ether oxygens (including phenoxy) is 2. The van der Waals surface area contributed by atoms with Gasteiger partial charge in [-0.2, -0.15) is 57.1 Å². The molecule has 0 aliphatic carbocycles. The Hall–Kier alpha value is -2.88. The molecule has 0 heterocycles. The lowest BCUT2D eigenvalue weighted by Crippen LogP contribution is -2.70. The van der Waals surface area contributed by atoms with Crippen molar-refractivity contribution >= 4 is 5.78 Å². The van der Waals surface area contributed by atoms with E-state index in [0.717, 1.165) is 19.2 Å². The first kappa shape index (κ1) is 32.3. The van der Waals surface area contributed by atoms with Gasteiger partial charge in [0.15, 0.2) is 0 Å². The van der Waals surface area contributed by atoms with E-state index in [-0.39, 0.29) is 11.1 Å². The van der Waals surface area contributed by atoms with Crippen molar-refractivity contribution < 1.29 is 71.3 Å². The third kappa shape index (κ3) is 5.32.